The van der Waals surface area contributed by atoms with Gasteiger partial charge in [-0.3, -0.25) is 9.59 Å². The van der Waals surface area contributed by atoms with E-state index in [9.17, 15) is 14.4 Å². The van der Waals surface area contributed by atoms with Crippen molar-refractivity contribution in [1.82, 2.24) is 14.9 Å². The molecule has 0 spiro atoms. The Hall–Kier alpha value is -4.75. The molecule has 13 heteroatoms. The number of amides is 4. The summed E-state index contributed by atoms with van der Waals surface area (Å²) in [4.78, 5) is 52.9. The van der Waals surface area contributed by atoms with E-state index < -0.39 is 18.0 Å². The SMILES string of the molecule is NC(=O)[C@H]1CCCN1C(=O)c1ccc(NC(=O)Nc2ccc(-c3cc(N4CCOCC4)nc(N4CCOCC4)n3)cc2)cc1. The van der Waals surface area contributed by atoms with Gasteiger partial charge in [-0.25, -0.2) is 9.78 Å². The summed E-state index contributed by atoms with van der Waals surface area (Å²) >= 11 is 0. The van der Waals surface area contributed by atoms with Crippen LogP contribution in [0.25, 0.3) is 11.3 Å². The summed E-state index contributed by atoms with van der Waals surface area (Å²) in [6.07, 6.45) is 1.32. The van der Waals surface area contributed by atoms with E-state index in [1.807, 2.05) is 30.3 Å². The van der Waals surface area contributed by atoms with Crippen molar-refractivity contribution in [2.24, 2.45) is 5.73 Å². The van der Waals surface area contributed by atoms with Gasteiger partial charge in [-0.05, 0) is 49.2 Å². The molecule has 4 amide bonds. The van der Waals surface area contributed by atoms with E-state index in [2.05, 4.69) is 20.4 Å². The highest BCUT2D eigenvalue weighted by atomic mass is 16.5. The average molecular weight is 601 g/mol. The number of nitrogens with zero attached hydrogens (tertiary/aromatic N) is 5. The lowest BCUT2D eigenvalue weighted by atomic mass is 10.1. The number of likely N-dealkylation sites (tertiary alicyclic amines) is 1. The van der Waals surface area contributed by atoms with Crippen LogP contribution in [0.5, 0.6) is 0 Å². The van der Waals surface area contributed by atoms with E-state index >= 15 is 0 Å². The molecule has 13 nitrogen and oxygen atoms in total. The first-order valence-corrected chi connectivity index (χ1v) is 14.9. The lowest BCUT2D eigenvalue weighted by molar-refractivity contribution is -0.121. The Morgan fingerprint density at radius 3 is 1.98 bits per heavy atom. The molecular weight excluding hydrogens is 564 g/mol. The summed E-state index contributed by atoms with van der Waals surface area (Å²) in [5, 5.41) is 5.63. The Bertz CT molecular complexity index is 1450. The summed E-state index contributed by atoms with van der Waals surface area (Å²) in [6.45, 7) is 6.10. The molecule has 44 heavy (non-hydrogen) atoms. The molecule has 6 rings (SSSR count). The summed E-state index contributed by atoms with van der Waals surface area (Å²) in [6, 6.07) is 15.0. The highest BCUT2D eigenvalue weighted by Gasteiger charge is 2.33. The lowest BCUT2D eigenvalue weighted by Gasteiger charge is -2.31. The third-order valence-electron chi connectivity index (χ3n) is 8.00. The van der Waals surface area contributed by atoms with Gasteiger partial charge >= 0.3 is 6.03 Å². The molecule has 0 bridgehead atoms. The number of nitrogens with two attached hydrogens (primary N) is 1. The first-order chi connectivity index (χ1) is 21.4. The standard InChI is InChI=1S/C31H36N8O5/c32-28(40)26-2-1-11-39(26)29(41)22-5-9-24(10-6-22)34-31(42)33-23-7-3-21(4-8-23)25-20-27(37-12-16-43-17-13-37)36-30(35-25)38-14-18-44-19-15-38/h3-10,20,26H,1-2,11-19H2,(H2,32,40)(H2,33,34,42)/t26-/m1/s1. The summed E-state index contributed by atoms with van der Waals surface area (Å²) in [5.74, 6) is 0.795. The summed E-state index contributed by atoms with van der Waals surface area (Å²) in [5.41, 5.74) is 8.71. The largest absolute Gasteiger partial charge is 0.378 e. The van der Waals surface area contributed by atoms with Gasteiger partial charge in [0, 0.05) is 61.3 Å². The first kappa shape index (κ1) is 29.3. The molecule has 1 atom stereocenters. The van der Waals surface area contributed by atoms with E-state index in [0.29, 0.717) is 62.3 Å². The van der Waals surface area contributed by atoms with Gasteiger partial charge in [0.25, 0.3) is 5.91 Å². The Morgan fingerprint density at radius 2 is 1.36 bits per heavy atom. The molecule has 0 saturated carbocycles. The third-order valence-corrected chi connectivity index (χ3v) is 8.00. The maximum absolute atomic E-state index is 12.9. The predicted octanol–water partition coefficient (Wildman–Crippen LogP) is 2.55. The number of carbonyl (C=O) groups excluding carboxylic acids is 3. The van der Waals surface area contributed by atoms with Crippen molar-refractivity contribution in [3.63, 3.8) is 0 Å². The van der Waals surface area contributed by atoms with Crippen LogP contribution in [0, 0.1) is 0 Å². The molecular formula is C31H36N8O5. The van der Waals surface area contributed by atoms with E-state index in [1.165, 1.54) is 4.90 Å². The zero-order valence-electron chi connectivity index (χ0n) is 24.4. The molecule has 3 aromatic rings. The quantitative estimate of drug-likeness (QED) is 0.371. The number of anilines is 4. The van der Waals surface area contributed by atoms with Gasteiger partial charge in [0.1, 0.15) is 11.9 Å². The minimum Gasteiger partial charge on any atom is -0.378 e. The second-order valence-electron chi connectivity index (χ2n) is 10.9. The second kappa shape index (κ2) is 13.3. The lowest BCUT2D eigenvalue weighted by Crippen LogP contribution is -2.43. The average Bonchev–Trinajstić information content (AvgIpc) is 3.57. The monoisotopic (exact) mass is 600 g/mol. The molecule has 2 aromatic carbocycles. The number of benzene rings is 2. The number of ether oxygens (including phenoxy) is 2. The molecule has 3 aliphatic rings. The van der Waals surface area contributed by atoms with Crippen LogP contribution in [0.1, 0.15) is 23.2 Å². The Labute approximate surface area is 255 Å². The highest BCUT2D eigenvalue weighted by molar-refractivity contribution is 6.01. The fourth-order valence-corrected chi connectivity index (χ4v) is 5.61. The van der Waals surface area contributed by atoms with Crippen LogP contribution in [0.15, 0.2) is 54.6 Å². The topological polar surface area (TPSA) is 155 Å². The van der Waals surface area contributed by atoms with Crippen LogP contribution in [-0.4, -0.2) is 97.9 Å². The van der Waals surface area contributed by atoms with Crippen LogP contribution in [0.4, 0.5) is 27.9 Å². The van der Waals surface area contributed by atoms with E-state index in [-0.39, 0.29) is 5.91 Å². The van der Waals surface area contributed by atoms with Crippen molar-refractivity contribution in [2.45, 2.75) is 18.9 Å². The number of aromatic nitrogens is 2. The van der Waals surface area contributed by atoms with E-state index in [0.717, 1.165) is 49.7 Å². The molecule has 4 heterocycles. The number of primary amides is 1. The maximum Gasteiger partial charge on any atom is 0.323 e. The molecule has 1 aromatic heterocycles. The normalized spacial score (nSPS) is 18.6. The number of carbonyl (C=O) groups is 3. The van der Waals surface area contributed by atoms with Crippen molar-refractivity contribution in [3.05, 3.63) is 60.2 Å². The maximum atomic E-state index is 12.9. The number of morpholine rings is 2. The van der Waals surface area contributed by atoms with Crippen LogP contribution in [0.2, 0.25) is 0 Å². The van der Waals surface area contributed by atoms with Crippen molar-refractivity contribution >= 4 is 41.0 Å². The number of nitrogens with one attached hydrogen (secondary N) is 2. The summed E-state index contributed by atoms with van der Waals surface area (Å²) in [7, 11) is 0. The number of rotatable bonds is 7. The fraction of sp³-hybridized carbons (Fsp3) is 0.387. The van der Waals surface area contributed by atoms with Crippen molar-refractivity contribution in [1.29, 1.82) is 0 Å². The molecule has 3 saturated heterocycles. The Morgan fingerprint density at radius 1 is 0.773 bits per heavy atom. The van der Waals surface area contributed by atoms with Gasteiger partial charge < -0.3 is 40.5 Å². The zero-order chi connectivity index (χ0) is 30.5. The van der Waals surface area contributed by atoms with Gasteiger partial charge in [-0.2, -0.15) is 4.98 Å². The molecule has 3 fully saturated rings. The smallest absolute Gasteiger partial charge is 0.323 e. The second-order valence-corrected chi connectivity index (χ2v) is 10.9. The summed E-state index contributed by atoms with van der Waals surface area (Å²) < 4.78 is 11.0. The van der Waals surface area contributed by atoms with Gasteiger partial charge in [-0.15, -0.1) is 0 Å². The Balaban J connectivity index is 1.11. The van der Waals surface area contributed by atoms with Gasteiger partial charge in [0.15, 0.2) is 0 Å². The fourth-order valence-electron chi connectivity index (χ4n) is 5.61. The molecule has 0 radical (unpaired) electrons. The third kappa shape index (κ3) is 6.74. The Kier molecular flexibility index (Phi) is 8.84. The van der Waals surface area contributed by atoms with Gasteiger partial charge in [-0.1, -0.05) is 12.1 Å². The van der Waals surface area contributed by atoms with Gasteiger partial charge in [0.05, 0.1) is 32.1 Å². The number of urea groups is 1. The molecule has 3 aliphatic heterocycles. The first-order valence-electron chi connectivity index (χ1n) is 14.9. The highest BCUT2D eigenvalue weighted by Crippen LogP contribution is 2.27. The molecule has 0 unspecified atom stereocenters. The van der Waals surface area contributed by atoms with Crippen LogP contribution in [-0.2, 0) is 14.3 Å². The van der Waals surface area contributed by atoms with Crippen LogP contribution >= 0.6 is 0 Å². The molecule has 0 aliphatic carbocycles. The zero-order valence-corrected chi connectivity index (χ0v) is 24.4. The van der Waals surface area contributed by atoms with Crippen molar-refractivity contribution in [2.75, 3.05) is 79.6 Å². The number of hydrogen-bond acceptors (Lipinski definition) is 9. The number of hydrogen-bond donors (Lipinski definition) is 3. The molecule has 230 valence electrons. The van der Waals surface area contributed by atoms with E-state index in [1.54, 1.807) is 24.3 Å². The van der Waals surface area contributed by atoms with Crippen LogP contribution < -0.4 is 26.2 Å². The molecule has 4 N–H and O–H groups in total. The van der Waals surface area contributed by atoms with Crippen molar-refractivity contribution in [3.8, 4) is 11.3 Å². The van der Waals surface area contributed by atoms with E-state index in [4.69, 9.17) is 25.2 Å². The predicted molar refractivity (Wildman–Crippen MR) is 166 cm³/mol. The van der Waals surface area contributed by atoms with Crippen LogP contribution in [0.3, 0.4) is 0 Å². The van der Waals surface area contributed by atoms with Crippen molar-refractivity contribution < 1.29 is 23.9 Å². The minimum absolute atomic E-state index is 0.250. The minimum atomic E-state index is -0.578. The van der Waals surface area contributed by atoms with Gasteiger partial charge in [0.2, 0.25) is 11.9 Å².